The summed E-state index contributed by atoms with van der Waals surface area (Å²) in [5.74, 6) is 1.11. The van der Waals surface area contributed by atoms with Crippen LogP contribution in [0.4, 0.5) is 0 Å². The molecule has 0 amide bonds. The van der Waals surface area contributed by atoms with Crippen LogP contribution in [0.2, 0.25) is 0 Å². The van der Waals surface area contributed by atoms with E-state index in [1.54, 1.807) is 0 Å². The van der Waals surface area contributed by atoms with Crippen molar-refractivity contribution in [3.05, 3.63) is 15.8 Å². The molecule has 0 spiro atoms. The lowest BCUT2D eigenvalue weighted by Crippen LogP contribution is -2.09. The van der Waals surface area contributed by atoms with Gasteiger partial charge in [-0.3, -0.25) is 0 Å². The van der Waals surface area contributed by atoms with Crippen molar-refractivity contribution in [2.24, 2.45) is 5.92 Å². The molecular formula is C11H16INO3S. The molecule has 0 aliphatic carbocycles. The van der Waals surface area contributed by atoms with Crippen molar-refractivity contribution in [3.63, 3.8) is 0 Å². The molecule has 1 atom stereocenters. The van der Waals surface area contributed by atoms with Crippen molar-refractivity contribution in [1.82, 2.24) is 4.98 Å². The fourth-order valence-electron chi connectivity index (χ4n) is 1.06. The third kappa shape index (κ3) is 4.42. The Morgan fingerprint density at radius 3 is 2.65 bits per heavy atom. The summed E-state index contributed by atoms with van der Waals surface area (Å²) in [5, 5.41) is 0.0813. The summed E-state index contributed by atoms with van der Waals surface area (Å²) in [6.45, 7) is 4.82. The molecule has 1 heterocycles. The van der Waals surface area contributed by atoms with Gasteiger partial charge in [-0.05, 0) is 34.6 Å². The molecule has 0 aliphatic rings. The molecule has 0 N–H and O–H groups in total. The summed E-state index contributed by atoms with van der Waals surface area (Å²) >= 11 is 2.06. The Bertz CT molecular complexity index is 487. The molecule has 4 nitrogen and oxygen atoms in total. The number of aromatic nitrogens is 1. The highest BCUT2D eigenvalue weighted by Crippen LogP contribution is 2.22. The molecule has 6 heteroatoms. The highest BCUT2D eigenvalue weighted by atomic mass is 127. The van der Waals surface area contributed by atoms with Crippen LogP contribution in [0.1, 0.15) is 20.3 Å². The van der Waals surface area contributed by atoms with Gasteiger partial charge in [-0.1, -0.05) is 20.3 Å². The largest absolute Gasteiger partial charge is 0.491 e. The Morgan fingerprint density at radius 1 is 1.53 bits per heavy atom. The van der Waals surface area contributed by atoms with Crippen LogP contribution in [0.3, 0.4) is 0 Å². The van der Waals surface area contributed by atoms with Crippen molar-refractivity contribution in [3.8, 4) is 5.75 Å². The Morgan fingerprint density at radius 2 is 2.18 bits per heavy atom. The van der Waals surface area contributed by atoms with Gasteiger partial charge in [-0.25, -0.2) is 13.4 Å². The maximum Gasteiger partial charge on any atom is 0.192 e. The van der Waals surface area contributed by atoms with Crippen LogP contribution in [0.5, 0.6) is 5.75 Å². The van der Waals surface area contributed by atoms with Gasteiger partial charge in [0.25, 0.3) is 0 Å². The number of hydrogen-bond donors (Lipinski definition) is 0. The Hall–Kier alpha value is -0.370. The molecule has 0 aromatic carbocycles. The fraction of sp³-hybridized carbons (Fsp3) is 0.545. The van der Waals surface area contributed by atoms with Crippen LogP contribution < -0.4 is 4.74 Å². The van der Waals surface area contributed by atoms with Crippen molar-refractivity contribution in [1.29, 1.82) is 0 Å². The lowest BCUT2D eigenvalue weighted by atomic mass is 10.1. The zero-order chi connectivity index (χ0) is 13.1. The van der Waals surface area contributed by atoms with Gasteiger partial charge in [0.1, 0.15) is 0 Å². The second-order valence-corrected chi connectivity index (χ2v) is 7.17. The van der Waals surface area contributed by atoms with Gasteiger partial charge in [0, 0.05) is 6.26 Å². The first-order valence-electron chi connectivity index (χ1n) is 5.33. The van der Waals surface area contributed by atoms with E-state index in [4.69, 9.17) is 4.74 Å². The van der Waals surface area contributed by atoms with Gasteiger partial charge in [-0.2, -0.15) is 0 Å². The molecule has 0 bridgehead atoms. The van der Waals surface area contributed by atoms with E-state index in [1.807, 2.05) is 0 Å². The van der Waals surface area contributed by atoms with Gasteiger partial charge in [0.15, 0.2) is 20.6 Å². The summed E-state index contributed by atoms with van der Waals surface area (Å²) in [5.41, 5.74) is 0. The van der Waals surface area contributed by atoms with E-state index in [2.05, 4.69) is 41.4 Å². The molecule has 1 aromatic rings. The molecule has 0 radical (unpaired) electrons. The normalized spacial score (nSPS) is 13.4. The molecule has 0 saturated heterocycles. The van der Waals surface area contributed by atoms with Crippen LogP contribution in [0.15, 0.2) is 17.3 Å². The van der Waals surface area contributed by atoms with E-state index in [9.17, 15) is 8.42 Å². The minimum atomic E-state index is -3.25. The van der Waals surface area contributed by atoms with Gasteiger partial charge < -0.3 is 4.74 Å². The maximum atomic E-state index is 11.3. The third-order valence-corrected chi connectivity index (χ3v) is 4.22. The monoisotopic (exact) mass is 369 g/mol. The maximum absolute atomic E-state index is 11.3. The number of pyridine rings is 1. The average Bonchev–Trinajstić information content (AvgIpc) is 2.25. The van der Waals surface area contributed by atoms with Crippen LogP contribution in [0, 0.1) is 9.49 Å². The van der Waals surface area contributed by atoms with Crippen LogP contribution in [-0.2, 0) is 9.84 Å². The molecule has 0 saturated carbocycles. The minimum Gasteiger partial charge on any atom is -0.491 e. The first-order chi connectivity index (χ1) is 7.84. The van der Waals surface area contributed by atoms with E-state index in [0.29, 0.717) is 18.3 Å². The smallest absolute Gasteiger partial charge is 0.192 e. The van der Waals surface area contributed by atoms with E-state index < -0.39 is 9.84 Å². The van der Waals surface area contributed by atoms with E-state index >= 15 is 0 Å². The number of ether oxygens (including phenoxy) is 1. The molecule has 0 fully saturated rings. The average molecular weight is 369 g/mol. The predicted octanol–water partition coefficient (Wildman–Crippen LogP) is 2.51. The number of halogens is 1. The second-order valence-electron chi connectivity index (χ2n) is 4.05. The van der Waals surface area contributed by atoms with Gasteiger partial charge in [-0.15, -0.1) is 0 Å². The number of nitrogens with zero attached hydrogens (tertiary/aromatic N) is 1. The zero-order valence-electron chi connectivity index (χ0n) is 10.1. The van der Waals surface area contributed by atoms with Gasteiger partial charge in [0.05, 0.1) is 16.4 Å². The SMILES string of the molecule is CCC(C)COc1cnc(S(C)(=O)=O)cc1I. The van der Waals surface area contributed by atoms with Gasteiger partial charge >= 0.3 is 0 Å². The van der Waals surface area contributed by atoms with Crippen molar-refractivity contribution in [2.75, 3.05) is 12.9 Å². The summed E-state index contributed by atoms with van der Waals surface area (Å²) in [6, 6.07) is 1.53. The van der Waals surface area contributed by atoms with Gasteiger partial charge in [0.2, 0.25) is 0 Å². The lowest BCUT2D eigenvalue weighted by molar-refractivity contribution is 0.254. The zero-order valence-corrected chi connectivity index (χ0v) is 13.1. The molecule has 0 aliphatic heterocycles. The van der Waals surface area contributed by atoms with E-state index in [1.165, 1.54) is 12.3 Å². The first-order valence-corrected chi connectivity index (χ1v) is 8.30. The topological polar surface area (TPSA) is 56.3 Å². The molecule has 1 rings (SSSR count). The second kappa shape index (κ2) is 5.99. The van der Waals surface area contributed by atoms with Crippen LogP contribution >= 0.6 is 22.6 Å². The summed E-state index contributed by atoms with van der Waals surface area (Å²) in [6.07, 6.45) is 3.66. The Balaban J connectivity index is 2.84. The Labute approximate surface area is 116 Å². The van der Waals surface area contributed by atoms with Crippen molar-refractivity contribution >= 4 is 32.4 Å². The molecular weight excluding hydrogens is 353 g/mol. The molecule has 17 heavy (non-hydrogen) atoms. The molecule has 1 unspecified atom stereocenters. The summed E-state index contributed by atoms with van der Waals surface area (Å²) in [7, 11) is -3.25. The summed E-state index contributed by atoms with van der Waals surface area (Å²) < 4.78 is 29.0. The van der Waals surface area contributed by atoms with Crippen molar-refractivity contribution in [2.45, 2.75) is 25.3 Å². The van der Waals surface area contributed by atoms with E-state index in [-0.39, 0.29) is 5.03 Å². The Kier molecular flexibility index (Phi) is 5.18. The summed E-state index contributed by atoms with van der Waals surface area (Å²) in [4.78, 5) is 3.90. The number of rotatable bonds is 5. The number of sulfone groups is 1. The van der Waals surface area contributed by atoms with Crippen LogP contribution in [-0.4, -0.2) is 26.3 Å². The molecule has 1 aromatic heterocycles. The van der Waals surface area contributed by atoms with Crippen molar-refractivity contribution < 1.29 is 13.2 Å². The fourth-order valence-corrected chi connectivity index (χ4v) is 2.44. The van der Waals surface area contributed by atoms with Crippen LogP contribution in [0.25, 0.3) is 0 Å². The number of hydrogen-bond acceptors (Lipinski definition) is 4. The van der Waals surface area contributed by atoms with E-state index in [0.717, 1.165) is 16.2 Å². The first kappa shape index (κ1) is 14.7. The third-order valence-electron chi connectivity index (χ3n) is 2.39. The highest BCUT2D eigenvalue weighted by molar-refractivity contribution is 14.1. The standard InChI is InChI=1S/C11H16INO3S/c1-4-8(2)7-16-10-6-13-11(5-9(10)12)17(3,14)15/h5-6,8H,4,7H2,1-3H3. The highest BCUT2D eigenvalue weighted by Gasteiger charge is 2.12. The minimum absolute atomic E-state index is 0.0813. The predicted molar refractivity (Wildman–Crippen MR) is 75.0 cm³/mol. The molecule has 96 valence electrons. The quantitative estimate of drug-likeness (QED) is 0.749. The lowest BCUT2D eigenvalue weighted by Gasteiger charge is -2.12.